The van der Waals surface area contributed by atoms with E-state index in [0.29, 0.717) is 18.5 Å². The summed E-state index contributed by atoms with van der Waals surface area (Å²) in [4.78, 5) is 40.5. The van der Waals surface area contributed by atoms with Gasteiger partial charge in [-0.05, 0) is 51.3 Å². The molecule has 9 nitrogen and oxygen atoms in total. The molecule has 2 atom stereocenters. The minimum absolute atomic E-state index is 0.0320. The molecular weight excluding hydrogens is 438 g/mol. The highest BCUT2D eigenvalue weighted by molar-refractivity contribution is 5.92. The second kappa shape index (κ2) is 14.5. The molecule has 0 saturated carbocycles. The summed E-state index contributed by atoms with van der Waals surface area (Å²) in [6.45, 7) is 9.13. The molecule has 192 valence electrons. The first kappa shape index (κ1) is 29.2. The zero-order valence-corrected chi connectivity index (χ0v) is 21.1. The van der Waals surface area contributed by atoms with Crippen molar-refractivity contribution in [1.82, 2.24) is 15.5 Å². The van der Waals surface area contributed by atoms with Crippen LogP contribution in [0.3, 0.4) is 0 Å². The first-order valence-corrected chi connectivity index (χ1v) is 12.0. The highest BCUT2D eigenvalue weighted by atomic mass is 16.6. The van der Waals surface area contributed by atoms with Crippen molar-refractivity contribution < 1.29 is 29.3 Å². The highest BCUT2D eigenvalue weighted by Crippen LogP contribution is 2.26. The van der Waals surface area contributed by atoms with Gasteiger partial charge in [-0.1, -0.05) is 45.2 Å². The van der Waals surface area contributed by atoms with E-state index in [4.69, 9.17) is 4.74 Å². The summed E-state index contributed by atoms with van der Waals surface area (Å²) < 4.78 is 5.23. The number of benzene rings is 1. The van der Waals surface area contributed by atoms with Gasteiger partial charge < -0.3 is 30.5 Å². The lowest BCUT2D eigenvalue weighted by molar-refractivity contribution is -0.143. The number of nitrogens with zero attached hydrogens (tertiary/aromatic N) is 1. The summed E-state index contributed by atoms with van der Waals surface area (Å²) in [5.74, 6) is -1.03. The van der Waals surface area contributed by atoms with Crippen LogP contribution in [0.5, 0.6) is 5.75 Å². The third kappa shape index (κ3) is 9.99. The molecule has 1 aromatic rings. The number of carbonyl (C=O) groups excluding carboxylic acids is 3. The SMILES string of the molecule is CCCCCN(C(=O)C(CO)NC(=O)OC(C)(C)C)C(C(=O)NCCCC)c1cccc(O)c1. The Bertz CT molecular complexity index is 793. The summed E-state index contributed by atoms with van der Waals surface area (Å²) in [7, 11) is 0. The Morgan fingerprint density at radius 3 is 2.32 bits per heavy atom. The first-order chi connectivity index (χ1) is 16.0. The maximum absolute atomic E-state index is 13.6. The summed E-state index contributed by atoms with van der Waals surface area (Å²) >= 11 is 0. The van der Waals surface area contributed by atoms with Crippen LogP contribution in [-0.4, -0.2) is 64.4 Å². The number of aliphatic hydroxyl groups excluding tert-OH is 1. The van der Waals surface area contributed by atoms with Gasteiger partial charge in [0.05, 0.1) is 6.61 Å². The van der Waals surface area contributed by atoms with Crippen molar-refractivity contribution in [2.75, 3.05) is 19.7 Å². The van der Waals surface area contributed by atoms with Crippen LogP contribution in [0.15, 0.2) is 24.3 Å². The molecule has 0 spiro atoms. The van der Waals surface area contributed by atoms with Crippen LogP contribution in [0.4, 0.5) is 4.79 Å². The topological polar surface area (TPSA) is 128 Å². The monoisotopic (exact) mass is 479 g/mol. The Morgan fingerprint density at radius 2 is 1.76 bits per heavy atom. The number of aromatic hydroxyl groups is 1. The van der Waals surface area contributed by atoms with Crippen LogP contribution < -0.4 is 10.6 Å². The summed E-state index contributed by atoms with van der Waals surface area (Å²) in [6, 6.07) is 3.87. The molecular formula is C25H41N3O6. The van der Waals surface area contributed by atoms with Crippen molar-refractivity contribution >= 4 is 17.9 Å². The Kier molecular flexibility index (Phi) is 12.4. The number of unbranched alkanes of at least 4 members (excludes halogenated alkanes) is 3. The van der Waals surface area contributed by atoms with E-state index < -0.39 is 42.2 Å². The van der Waals surface area contributed by atoms with Crippen LogP contribution >= 0.6 is 0 Å². The van der Waals surface area contributed by atoms with Crippen molar-refractivity contribution in [3.8, 4) is 5.75 Å². The molecule has 3 amide bonds. The largest absolute Gasteiger partial charge is 0.508 e. The standard InChI is InChI=1S/C25H41N3O6/c1-6-8-10-15-28(23(32)20(17-29)27-24(33)34-25(3,4)5)21(22(31)26-14-9-7-2)18-12-11-13-19(30)16-18/h11-13,16,20-21,29-30H,6-10,14-15,17H2,1-5H3,(H,26,31)(H,27,33). The molecule has 34 heavy (non-hydrogen) atoms. The third-order valence-corrected chi connectivity index (χ3v) is 5.03. The maximum Gasteiger partial charge on any atom is 0.408 e. The molecule has 0 aliphatic carbocycles. The lowest BCUT2D eigenvalue weighted by Gasteiger charge is -2.34. The number of alkyl carbamates (subject to hydrolysis) is 1. The molecule has 0 aliphatic heterocycles. The normalized spacial score (nSPS) is 13.0. The van der Waals surface area contributed by atoms with Gasteiger partial charge in [0, 0.05) is 13.1 Å². The Morgan fingerprint density at radius 1 is 1.09 bits per heavy atom. The van der Waals surface area contributed by atoms with E-state index >= 15 is 0 Å². The van der Waals surface area contributed by atoms with Gasteiger partial charge in [-0.25, -0.2) is 4.79 Å². The fourth-order valence-corrected chi connectivity index (χ4v) is 3.39. The Labute approximate surface area is 202 Å². The van der Waals surface area contributed by atoms with E-state index in [2.05, 4.69) is 10.6 Å². The van der Waals surface area contributed by atoms with Crippen molar-refractivity contribution in [2.45, 2.75) is 84.4 Å². The molecule has 0 saturated heterocycles. The number of phenolic OH excluding ortho intramolecular Hbond substituents is 1. The van der Waals surface area contributed by atoms with E-state index in [0.717, 1.165) is 25.7 Å². The molecule has 0 aliphatic rings. The predicted octanol–water partition coefficient (Wildman–Crippen LogP) is 3.25. The van der Waals surface area contributed by atoms with Crippen molar-refractivity contribution in [3.63, 3.8) is 0 Å². The van der Waals surface area contributed by atoms with E-state index in [1.165, 1.54) is 17.0 Å². The van der Waals surface area contributed by atoms with Gasteiger partial charge in [-0.2, -0.15) is 0 Å². The molecule has 0 heterocycles. The Balaban J connectivity index is 3.32. The smallest absolute Gasteiger partial charge is 0.408 e. The van der Waals surface area contributed by atoms with Crippen LogP contribution in [0.2, 0.25) is 0 Å². The van der Waals surface area contributed by atoms with E-state index in [1.807, 2.05) is 13.8 Å². The Hall–Kier alpha value is -2.81. The van der Waals surface area contributed by atoms with Gasteiger partial charge >= 0.3 is 6.09 Å². The van der Waals surface area contributed by atoms with Gasteiger partial charge in [-0.3, -0.25) is 9.59 Å². The number of aliphatic hydroxyl groups is 1. The quantitative estimate of drug-likeness (QED) is 0.322. The zero-order chi connectivity index (χ0) is 25.7. The van der Waals surface area contributed by atoms with Gasteiger partial charge in [0.1, 0.15) is 23.4 Å². The van der Waals surface area contributed by atoms with Gasteiger partial charge in [0.2, 0.25) is 11.8 Å². The number of hydrogen-bond donors (Lipinski definition) is 4. The number of hydrogen-bond acceptors (Lipinski definition) is 6. The summed E-state index contributed by atoms with van der Waals surface area (Å²) in [5, 5.41) is 25.2. The number of phenols is 1. The minimum atomic E-state index is -1.29. The molecule has 0 bridgehead atoms. The third-order valence-electron chi connectivity index (χ3n) is 5.03. The number of ether oxygens (including phenoxy) is 1. The molecule has 1 aromatic carbocycles. The van der Waals surface area contributed by atoms with Crippen LogP contribution in [-0.2, 0) is 14.3 Å². The first-order valence-electron chi connectivity index (χ1n) is 12.0. The molecule has 2 unspecified atom stereocenters. The number of nitrogens with one attached hydrogen (secondary N) is 2. The van der Waals surface area contributed by atoms with Crippen LogP contribution in [0.1, 0.15) is 78.3 Å². The van der Waals surface area contributed by atoms with Crippen molar-refractivity contribution in [3.05, 3.63) is 29.8 Å². The van der Waals surface area contributed by atoms with E-state index in [9.17, 15) is 24.6 Å². The second-order valence-corrected chi connectivity index (χ2v) is 9.26. The fourth-order valence-electron chi connectivity index (χ4n) is 3.39. The molecule has 1 rings (SSSR count). The summed E-state index contributed by atoms with van der Waals surface area (Å²) in [6.07, 6.45) is 3.20. The summed E-state index contributed by atoms with van der Waals surface area (Å²) in [5.41, 5.74) is -0.343. The highest BCUT2D eigenvalue weighted by Gasteiger charge is 2.35. The average Bonchev–Trinajstić information content (AvgIpc) is 2.75. The predicted molar refractivity (Wildman–Crippen MR) is 130 cm³/mol. The number of rotatable bonds is 13. The lowest BCUT2D eigenvalue weighted by Crippen LogP contribution is -2.54. The lowest BCUT2D eigenvalue weighted by atomic mass is 10.0. The van der Waals surface area contributed by atoms with Gasteiger partial charge in [0.25, 0.3) is 0 Å². The van der Waals surface area contributed by atoms with Gasteiger partial charge in [-0.15, -0.1) is 0 Å². The molecule has 0 aromatic heterocycles. The van der Waals surface area contributed by atoms with Crippen LogP contribution in [0.25, 0.3) is 0 Å². The minimum Gasteiger partial charge on any atom is -0.508 e. The molecule has 0 radical (unpaired) electrons. The molecule has 9 heteroatoms. The molecule has 4 N–H and O–H groups in total. The molecule has 0 fully saturated rings. The average molecular weight is 480 g/mol. The van der Waals surface area contributed by atoms with E-state index in [-0.39, 0.29) is 12.3 Å². The van der Waals surface area contributed by atoms with E-state index in [1.54, 1.807) is 32.9 Å². The number of amides is 3. The van der Waals surface area contributed by atoms with Crippen LogP contribution in [0, 0.1) is 0 Å². The number of carbonyl (C=O) groups is 3. The second-order valence-electron chi connectivity index (χ2n) is 9.26. The van der Waals surface area contributed by atoms with Crippen molar-refractivity contribution in [2.24, 2.45) is 0 Å². The van der Waals surface area contributed by atoms with Gasteiger partial charge in [0.15, 0.2) is 0 Å². The van der Waals surface area contributed by atoms with Crippen molar-refractivity contribution in [1.29, 1.82) is 0 Å². The fraction of sp³-hybridized carbons (Fsp3) is 0.640. The zero-order valence-electron chi connectivity index (χ0n) is 21.1. The maximum atomic E-state index is 13.6.